The molecule has 6 rings (SSSR count). The first-order valence-corrected chi connectivity index (χ1v) is 12.6. The van der Waals surface area contributed by atoms with Crippen molar-refractivity contribution in [3.63, 3.8) is 0 Å². The molecule has 4 fully saturated rings. The van der Waals surface area contributed by atoms with E-state index in [9.17, 15) is 4.79 Å². The molecule has 2 heterocycles. The number of piperidine rings is 2. The highest BCUT2D eigenvalue weighted by Gasteiger charge is 2.49. The summed E-state index contributed by atoms with van der Waals surface area (Å²) >= 11 is 0. The normalized spacial score (nSPS) is 35.0. The van der Waals surface area contributed by atoms with Crippen molar-refractivity contribution in [2.24, 2.45) is 11.8 Å². The van der Waals surface area contributed by atoms with E-state index in [1.807, 2.05) is 4.90 Å². The van der Waals surface area contributed by atoms with Crippen molar-refractivity contribution in [2.75, 3.05) is 26.2 Å². The molecule has 0 radical (unpaired) electrons. The smallest absolute Gasteiger partial charge is 0.317 e. The highest BCUT2D eigenvalue weighted by Crippen LogP contribution is 2.53. The predicted octanol–water partition coefficient (Wildman–Crippen LogP) is 5.10. The minimum Gasteiger partial charge on any atom is -0.331 e. The predicted molar refractivity (Wildman–Crippen MR) is 122 cm³/mol. The number of benzene rings is 1. The number of hydrogen-bond donors (Lipinski definition) is 1. The fourth-order valence-electron chi connectivity index (χ4n) is 7.78. The molecule has 1 unspecified atom stereocenters. The average molecular weight is 410 g/mol. The first-order valence-electron chi connectivity index (χ1n) is 12.6. The van der Waals surface area contributed by atoms with Gasteiger partial charge in [0.05, 0.1) is 6.04 Å². The third kappa shape index (κ3) is 3.18. The summed E-state index contributed by atoms with van der Waals surface area (Å²) in [6.07, 6.45) is 13.1. The van der Waals surface area contributed by atoms with Crippen LogP contribution in [-0.4, -0.2) is 48.1 Å². The van der Waals surface area contributed by atoms with Crippen LogP contribution in [0, 0.1) is 11.8 Å². The van der Waals surface area contributed by atoms with E-state index in [0.29, 0.717) is 0 Å². The number of rotatable bonds is 2. The monoisotopic (exact) mass is 409 g/mol. The Labute approximate surface area is 182 Å². The zero-order chi connectivity index (χ0) is 20.1. The minimum absolute atomic E-state index is 0. The fraction of sp³-hybridized carbons (Fsp3) is 0.731. The van der Waals surface area contributed by atoms with E-state index < -0.39 is 0 Å². The summed E-state index contributed by atoms with van der Waals surface area (Å²) in [6, 6.07) is 10.2. The van der Waals surface area contributed by atoms with Crippen LogP contribution in [-0.2, 0) is 5.41 Å². The second-order valence-corrected chi connectivity index (χ2v) is 10.9. The van der Waals surface area contributed by atoms with E-state index in [1.165, 1.54) is 69.2 Å². The first kappa shape index (κ1) is 19.2. The number of carbonyl (C=O) groups is 1. The summed E-state index contributed by atoms with van der Waals surface area (Å²) in [6.45, 7) is 4.33. The van der Waals surface area contributed by atoms with Crippen LogP contribution < -0.4 is 5.32 Å². The Bertz CT molecular complexity index is 800. The maximum atomic E-state index is 12.9. The third-order valence-electron chi connectivity index (χ3n) is 9.37. The maximum Gasteiger partial charge on any atom is 0.317 e. The van der Waals surface area contributed by atoms with E-state index in [2.05, 4.69) is 34.5 Å². The van der Waals surface area contributed by atoms with Crippen molar-refractivity contribution in [3.05, 3.63) is 35.4 Å². The second kappa shape index (κ2) is 7.55. The highest BCUT2D eigenvalue weighted by atomic mass is 16.2. The molecule has 4 heteroatoms. The van der Waals surface area contributed by atoms with E-state index in [4.69, 9.17) is 0 Å². The summed E-state index contributed by atoms with van der Waals surface area (Å²) in [5.41, 5.74) is 3.18. The molecule has 1 spiro atoms. The van der Waals surface area contributed by atoms with E-state index >= 15 is 0 Å². The van der Waals surface area contributed by atoms with Gasteiger partial charge in [0, 0.05) is 26.0 Å². The Morgan fingerprint density at radius 2 is 1.80 bits per heavy atom. The molecule has 5 aliphatic rings. The van der Waals surface area contributed by atoms with E-state index in [0.717, 1.165) is 50.2 Å². The average Bonchev–Trinajstić information content (AvgIpc) is 3.50. The van der Waals surface area contributed by atoms with E-state index in [-0.39, 0.29) is 18.9 Å². The zero-order valence-corrected chi connectivity index (χ0v) is 18.3. The van der Waals surface area contributed by atoms with Crippen molar-refractivity contribution in [1.82, 2.24) is 15.1 Å². The Morgan fingerprint density at radius 1 is 1.00 bits per heavy atom. The van der Waals surface area contributed by atoms with Crippen molar-refractivity contribution in [1.29, 1.82) is 0 Å². The van der Waals surface area contributed by atoms with Crippen LogP contribution in [0.3, 0.4) is 0 Å². The molecule has 4 atom stereocenters. The topological polar surface area (TPSA) is 35.6 Å². The van der Waals surface area contributed by atoms with Crippen LogP contribution in [0.25, 0.3) is 0 Å². The number of carbonyl (C=O) groups excluding carboxylic acids is 1. The number of fused-ring (bicyclic) bond motifs is 4. The standard InChI is InChI=1S/C26H37N3O.H2/c30-25(29-12-4-1-5-13-29)27-23-18-26(22-7-3-2-6-21(22)23)10-14-28(15-11-26)24-17-19-8-9-20(24)16-19;/h2-3,6-7,19-20,23-24H,1,4-5,8-18H2,(H,27,30);1H/t19-,20+,23-,24?;/m0./s1. The quantitative estimate of drug-likeness (QED) is 0.738. The van der Waals surface area contributed by atoms with Gasteiger partial charge in [0.25, 0.3) is 0 Å². The van der Waals surface area contributed by atoms with Crippen LogP contribution in [0.15, 0.2) is 24.3 Å². The molecule has 164 valence electrons. The van der Waals surface area contributed by atoms with Gasteiger partial charge in [-0.25, -0.2) is 4.79 Å². The van der Waals surface area contributed by atoms with E-state index in [1.54, 1.807) is 0 Å². The minimum atomic E-state index is 0. The molecule has 3 aliphatic carbocycles. The molecule has 1 N–H and O–H groups in total. The van der Waals surface area contributed by atoms with Crippen LogP contribution in [0.4, 0.5) is 4.79 Å². The number of hydrogen-bond acceptors (Lipinski definition) is 2. The van der Waals surface area contributed by atoms with Gasteiger partial charge in [0.15, 0.2) is 0 Å². The molecular formula is C26H39N3O. The summed E-state index contributed by atoms with van der Waals surface area (Å²) in [7, 11) is 0. The van der Waals surface area contributed by atoms with Gasteiger partial charge in [0.1, 0.15) is 0 Å². The van der Waals surface area contributed by atoms with Gasteiger partial charge in [0.2, 0.25) is 0 Å². The molecule has 2 amide bonds. The third-order valence-corrected chi connectivity index (χ3v) is 9.37. The van der Waals surface area contributed by atoms with Crippen LogP contribution in [0.2, 0.25) is 0 Å². The van der Waals surface area contributed by atoms with Crippen molar-refractivity contribution >= 4 is 6.03 Å². The molecule has 1 aromatic rings. The summed E-state index contributed by atoms with van der Waals surface area (Å²) in [4.78, 5) is 17.8. The molecule has 4 nitrogen and oxygen atoms in total. The van der Waals surface area contributed by atoms with Crippen LogP contribution in [0.1, 0.15) is 82.8 Å². The SMILES string of the molecule is O=C(N[C@H]1CC2(CCN(C3C[C@H]4CC[C@@H]3C4)CC2)c2ccccc21)N1CCCCC1.[HH]. The van der Waals surface area contributed by atoms with Gasteiger partial charge in [-0.15, -0.1) is 0 Å². The number of nitrogens with zero attached hydrogens (tertiary/aromatic N) is 2. The van der Waals surface area contributed by atoms with Crippen LogP contribution in [0.5, 0.6) is 0 Å². The van der Waals surface area contributed by atoms with Gasteiger partial charge in [-0.05, 0) is 93.8 Å². The van der Waals surface area contributed by atoms with Gasteiger partial charge in [-0.1, -0.05) is 30.7 Å². The van der Waals surface area contributed by atoms with Gasteiger partial charge in [-0.3, -0.25) is 0 Å². The lowest BCUT2D eigenvalue weighted by molar-refractivity contribution is 0.0810. The highest BCUT2D eigenvalue weighted by molar-refractivity contribution is 5.75. The van der Waals surface area contributed by atoms with Gasteiger partial charge in [-0.2, -0.15) is 0 Å². The second-order valence-electron chi connectivity index (χ2n) is 10.9. The lowest BCUT2D eigenvalue weighted by Crippen LogP contribution is -2.48. The number of nitrogens with one attached hydrogen (secondary N) is 1. The Balaban J connectivity index is 0.00000204. The molecule has 30 heavy (non-hydrogen) atoms. The molecule has 2 aliphatic heterocycles. The Morgan fingerprint density at radius 3 is 2.53 bits per heavy atom. The number of urea groups is 1. The molecule has 1 aromatic carbocycles. The largest absolute Gasteiger partial charge is 0.331 e. The molecule has 2 saturated carbocycles. The number of amides is 2. The number of likely N-dealkylation sites (tertiary alicyclic amines) is 2. The summed E-state index contributed by atoms with van der Waals surface area (Å²) in [5.74, 6) is 2.01. The lowest BCUT2D eigenvalue weighted by Gasteiger charge is -2.44. The van der Waals surface area contributed by atoms with Crippen LogP contribution >= 0.6 is 0 Å². The fourth-order valence-corrected chi connectivity index (χ4v) is 7.78. The van der Waals surface area contributed by atoms with Crippen molar-refractivity contribution in [3.8, 4) is 0 Å². The maximum absolute atomic E-state index is 12.9. The molecular weight excluding hydrogens is 370 g/mol. The van der Waals surface area contributed by atoms with Crippen molar-refractivity contribution in [2.45, 2.75) is 81.7 Å². The van der Waals surface area contributed by atoms with Gasteiger partial charge >= 0.3 is 6.03 Å². The van der Waals surface area contributed by atoms with Crippen molar-refractivity contribution < 1.29 is 6.22 Å². The van der Waals surface area contributed by atoms with Gasteiger partial charge < -0.3 is 15.1 Å². The Hall–Kier alpha value is -1.55. The Kier molecular flexibility index (Phi) is 4.82. The molecule has 2 bridgehead atoms. The molecule has 0 aromatic heterocycles. The lowest BCUT2D eigenvalue weighted by atomic mass is 9.73. The molecule has 2 saturated heterocycles. The first-order chi connectivity index (χ1) is 14.7. The zero-order valence-electron chi connectivity index (χ0n) is 18.3. The summed E-state index contributed by atoms with van der Waals surface area (Å²) in [5, 5.41) is 3.44. The summed E-state index contributed by atoms with van der Waals surface area (Å²) < 4.78 is 0.